The minimum Gasteiger partial charge on any atom is -0.316 e. The summed E-state index contributed by atoms with van der Waals surface area (Å²) in [5.74, 6) is 0.937. The van der Waals surface area contributed by atoms with Crippen molar-refractivity contribution in [2.75, 3.05) is 13.1 Å². The van der Waals surface area contributed by atoms with Gasteiger partial charge in [0.2, 0.25) is 0 Å². The molecule has 88 valence electrons. The van der Waals surface area contributed by atoms with Gasteiger partial charge in [0.15, 0.2) is 0 Å². The lowest BCUT2D eigenvalue weighted by Crippen LogP contribution is -2.50. The number of nitrogens with two attached hydrogens (primary N) is 1. The molecule has 0 aromatic carbocycles. The second-order valence-corrected chi connectivity index (χ2v) is 6.96. The van der Waals surface area contributed by atoms with Crippen LogP contribution >= 0.6 is 22.6 Å². The van der Waals surface area contributed by atoms with Gasteiger partial charge in [-0.2, -0.15) is 0 Å². The summed E-state index contributed by atoms with van der Waals surface area (Å²) in [7, 11) is 0. The van der Waals surface area contributed by atoms with Crippen molar-refractivity contribution >= 4 is 22.6 Å². The number of rotatable bonds is 2. The van der Waals surface area contributed by atoms with Crippen molar-refractivity contribution in [2.24, 2.45) is 11.7 Å². The van der Waals surface area contributed by atoms with Crippen molar-refractivity contribution in [3.8, 4) is 0 Å². The van der Waals surface area contributed by atoms with Crippen LogP contribution in [0.25, 0.3) is 0 Å². The van der Waals surface area contributed by atoms with Crippen LogP contribution in [0.1, 0.15) is 44.9 Å². The highest BCUT2D eigenvalue weighted by Gasteiger charge is 2.26. The van der Waals surface area contributed by atoms with Gasteiger partial charge in [-0.3, -0.25) is 4.90 Å². The highest BCUT2D eigenvalue weighted by molar-refractivity contribution is 14.1. The van der Waals surface area contributed by atoms with Crippen LogP contribution in [0.15, 0.2) is 0 Å². The van der Waals surface area contributed by atoms with E-state index in [0.717, 1.165) is 9.84 Å². The van der Waals surface area contributed by atoms with Crippen molar-refractivity contribution in [3.63, 3.8) is 0 Å². The average Bonchev–Trinajstić information content (AvgIpc) is 2.25. The summed E-state index contributed by atoms with van der Waals surface area (Å²) in [6, 6.07) is 0. The summed E-state index contributed by atoms with van der Waals surface area (Å²) in [5, 5.41) is 0. The fourth-order valence-corrected chi connectivity index (χ4v) is 3.79. The van der Waals surface area contributed by atoms with E-state index in [0.29, 0.717) is 6.17 Å². The molecule has 2 rings (SSSR count). The van der Waals surface area contributed by atoms with Crippen molar-refractivity contribution in [3.05, 3.63) is 0 Å². The van der Waals surface area contributed by atoms with Crippen molar-refractivity contribution in [2.45, 2.75) is 55.0 Å². The Morgan fingerprint density at radius 3 is 2.53 bits per heavy atom. The molecule has 1 saturated heterocycles. The first-order chi connectivity index (χ1) is 7.25. The molecule has 3 heteroatoms. The van der Waals surface area contributed by atoms with E-state index in [2.05, 4.69) is 27.5 Å². The molecule has 0 aromatic rings. The Balaban J connectivity index is 1.80. The molecule has 0 bridgehead atoms. The van der Waals surface area contributed by atoms with Crippen molar-refractivity contribution in [1.82, 2.24) is 4.90 Å². The molecule has 0 radical (unpaired) electrons. The molecule has 1 aliphatic heterocycles. The zero-order valence-corrected chi connectivity index (χ0v) is 11.7. The molecule has 2 N–H and O–H groups in total. The van der Waals surface area contributed by atoms with Gasteiger partial charge in [0, 0.05) is 17.0 Å². The first-order valence-corrected chi connectivity index (χ1v) is 7.64. The summed E-state index contributed by atoms with van der Waals surface area (Å²) in [6.07, 6.45) is 10.1. The lowest BCUT2D eigenvalue weighted by Gasteiger charge is -2.38. The number of hydrogen-bond donors (Lipinski definition) is 1. The fraction of sp³-hybridized carbons (Fsp3) is 1.00. The number of alkyl halides is 1. The van der Waals surface area contributed by atoms with E-state index in [1.807, 2.05) is 0 Å². The van der Waals surface area contributed by atoms with Gasteiger partial charge in [0.05, 0.1) is 6.17 Å². The Hall–Kier alpha value is 0.650. The smallest absolute Gasteiger partial charge is 0.0572 e. The molecular weight excluding hydrogens is 299 g/mol. The van der Waals surface area contributed by atoms with Gasteiger partial charge < -0.3 is 5.73 Å². The van der Waals surface area contributed by atoms with Gasteiger partial charge in [0.25, 0.3) is 0 Å². The van der Waals surface area contributed by atoms with E-state index in [1.165, 1.54) is 58.0 Å². The van der Waals surface area contributed by atoms with Crippen LogP contribution in [0.2, 0.25) is 0 Å². The molecule has 2 fully saturated rings. The quantitative estimate of drug-likeness (QED) is 0.626. The minimum absolute atomic E-state index is 0.345. The Morgan fingerprint density at radius 1 is 1.07 bits per heavy atom. The first kappa shape index (κ1) is 12.1. The first-order valence-electron chi connectivity index (χ1n) is 6.39. The summed E-state index contributed by atoms with van der Waals surface area (Å²) in [5.41, 5.74) is 6.18. The standard InChI is InChI=1S/C12H23IN2/c13-11-6-7-12(14)15(9-11)8-10-4-2-1-3-5-10/h10-12H,1-9,14H2. The maximum atomic E-state index is 6.18. The van der Waals surface area contributed by atoms with E-state index in [4.69, 9.17) is 5.73 Å². The molecule has 2 aliphatic rings. The van der Waals surface area contributed by atoms with Crippen LogP contribution < -0.4 is 5.73 Å². The number of halogens is 1. The van der Waals surface area contributed by atoms with E-state index in [9.17, 15) is 0 Å². The average molecular weight is 322 g/mol. The molecule has 1 saturated carbocycles. The second-order valence-electron chi connectivity index (χ2n) is 5.20. The SMILES string of the molecule is NC1CCC(I)CN1CC1CCCCC1. The summed E-state index contributed by atoms with van der Waals surface area (Å²) >= 11 is 2.58. The largest absolute Gasteiger partial charge is 0.316 e. The topological polar surface area (TPSA) is 29.3 Å². The van der Waals surface area contributed by atoms with Crippen molar-refractivity contribution < 1.29 is 0 Å². The molecule has 15 heavy (non-hydrogen) atoms. The molecular formula is C12H23IN2. The highest BCUT2D eigenvalue weighted by Crippen LogP contribution is 2.27. The normalized spacial score (nSPS) is 35.6. The fourth-order valence-electron chi connectivity index (χ4n) is 2.93. The molecule has 0 aromatic heterocycles. The molecule has 1 heterocycles. The van der Waals surface area contributed by atoms with Crippen LogP contribution in [0, 0.1) is 5.92 Å². The van der Waals surface area contributed by atoms with Crippen LogP contribution in [-0.2, 0) is 0 Å². The van der Waals surface area contributed by atoms with Crippen LogP contribution in [0.3, 0.4) is 0 Å². The van der Waals surface area contributed by atoms with Gasteiger partial charge in [-0.05, 0) is 31.6 Å². The van der Waals surface area contributed by atoms with Gasteiger partial charge >= 0.3 is 0 Å². The predicted octanol–water partition coefficient (Wildman–Crippen LogP) is 2.75. The number of hydrogen-bond acceptors (Lipinski definition) is 2. The molecule has 2 atom stereocenters. The lowest BCUT2D eigenvalue weighted by molar-refractivity contribution is 0.122. The zero-order chi connectivity index (χ0) is 10.7. The molecule has 1 aliphatic carbocycles. The van der Waals surface area contributed by atoms with E-state index in [-0.39, 0.29) is 0 Å². The number of nitrogens with zero attached hydrogens (tertiary/aromatic N) is 1. The van der Waals surface area contributed by atoms with E-state index >= 15 is 0 Å². The Labute approximate surface area is 107 Å². The second kappa shape index (κ2) is 5.82. The zero-order valence-electron chi connectivity index (χ0n) is 9.50. The third-order valence-electron chi connectivity index (χ3n) is 3.89. The minimum atomic E-state index is 0.345. The predicted molar refractivity (Wildman–Crippen MR) is 73.2 cm³/mol. The van der Waals surface area contributed by atoms with Crippen LogP contribution in [-0.4, -0.2) is 28.1 Å². The van der Waals surface area contributed by atoms with Crippen LogP contribution in [0.4, 0.5) is 0 Å². The number of likely N-dealkylation sites (tertiary alicyclic amines) is 1. The monoisotopic (exact) mass is 322 g/mol. The van der Waals surface area contributed by atoms with Gasteiger partial charge in [-0.25, -0.2) is 0 Å². The van der Waals surface area contributed by atoms with Gasteiger partial charge in [-0.1, -0.05) is 41.9 Å². The lowest BCUT2D eigenvalue weighted by atomic mass is 9.88. The summed E-state index contributed by atoms with van der Waals surface area (Å²) < 4.78 is 0.825. The highest BCUT2D eigenvalue weighted by atomic mass is 127. The van der Waals surface area contributed by atoms with Crippen molar-refractivity contribution in [1.29, 1.82) is 0 Å². The van der Waals surface area contributed by atoms with E-state index < -0.39 is 0 Å². The summed E-state index contributed by atoms with van der Waals surface area (Å²) in [6.45, 7) is 2.49. The Bertz CT molecular complexity index is 192. The third kappa shape index (κ3) is 3.56. The Kier molecular flexibility index (Phi) is 4.70. The number of piperidine rings is 1. The van der Waals surface area contributed by atoms with Gasteiger partial charge in [0.1, 0.15) is 0 Å². The maximum Gasteiger partial charge on any atom is 0.0572 e. The molecule has 2 nitrogen and oxygen atoms in total. The molecule has 2 unspecified atom stereocenters. The maximum absolute atomic E-state index is 6.18. The van der Waals surface area contributed by atoms with E-state index in [1.54, 1.807) is 0 Å². The third-order valence-corrected chi connectivity index (χ3v) is 4.91. The molecule has 0 spiro atoms. The van der Waals surface area contributed by atoms with Crippen LogP contribution in [0.5, 0.6) is 0 Å². The molecule has 0 amide bonds. The van der Waals surface area contributed by atoms with Gasteiger partial charge in [-0.15, -0.1) is 0 Å². The Morgan fingerprint density at radius 2 is 1.80 bits per heavy atom. The summed E-state index contributed by atoms with van der Waals surface area (Å²) in [4.78, 5) is 2.54.